The lowest BCUT2D eigenvalue weighted by molar-refractivity contribution is -0.384. The van der Waals surface area contributed by atoms with Crippen molar-refractivity contribution >= 4 is 23.1 Å². The van der Waals surface area contributed by atoms with Gasteiger partial charge >= 0.3 is 5.69 Å². The Morgan fingerprint density at radius 1 is 1.21 bits per heavy atom. The van der Waals surface area contributed by atoms with Gasteiger partial charge in [-0.2, -0.15) is 0 Å². The molecule has 0 unspecified atom stereocenters. The molecule has 0 amide bonds. The average Bonchev–Trinajstić information content (AvgIpc) is 3.20. The van der Waals surface area contributed by atoms with Crippen molar-refractivity contribution in [1.82, 2.24) is 0 Å². The van der Waals surface area contributed by atoms with Crippen molar-refractivity contribution in [3.63, 3.8) is 0 Å². The maximum absolute atomic E-state index is 12.3. The van der Waals surface area contributed by atoms with Gasteiger partial charge in [-0.3, -0.25) is 14.9 Å². The smallest absolute Gasteiger partial charge is 0.316 e. The van der Waals surface area contributed by atoms with Crippen LogP contribution in [0.2, 0.25) is 5.02 Å². The summed E-state index contributed by atoms with van der Waals surface area (Å²) >= 11 is 6.00. The second-order valence-corrected chi connectivity index (χ2v) is 4.35. The highest BCUT2D eigenvalue weighted by molar-refractivity contribution is 6.37. The van der Waals surface area contributed by atoms with Gasteiger partial charge in [-0.25, -0.2) is 0 Å². The number of hydrogen-bond donors (Lipinski definition) is 0. The first-order valence-corrected chi connectivity index (χ1v) is 5.76. The van der Waals surface area contributed by atoms with Gasteiger partial charge in [0.25, 0.3) is 0 Å². The Balaban J connectivity index is 2.12. The lowest BCUT2D eigenvalue weighted by Crippen LogP contribution is -2.02. The Kier molecular flexibility index (Phi) is 2.50. The van der Waals surface area contributed by atoms with Crippen LogP contribution < -0.4 is 4.74 Å². The lowest BCUT2D eigenvalue weighted by Gasteiger charge is -2.01. The topological polar surface area (TPSA) is 72.7 Å². The van der Waals surface area contributed by atoms with Gasteiger partial charge < -0.3 is 4.74 Å². The summed E-state index contributed by atoms with van der Waals surface area (Å²) in [5, 5.41) is 11.0. The van der Waals surface area contributed by atoms with Crippen LogP contribution >= 0.6 is 11.6 Å². The molecule has 0 bridgehead atoms. The maximum Gasteiger partial charge on any atom is 0.316 e. The van der Waals surface area contributed by atoms with E-state index < -0.39 is 4.92 Å². The highest BCUT2D eigenvalue weighted by Gasteiger charge is 2.38. The van der Waals surface area contributed by atoms with Gasteiger partial charge in [-0.05, 0) is 0 Å². The van der Waals surface area contributed by atoms with Gasteiger partial charge in [0.05, 0.1) is 15.5 Å². The molecule has 0 radical (unpaired) electrons. The minimum absolute atomic E-state index is 0.0795. The molecule has 0 atom stereocenters. The predicted octanol–water partition coefficient (Wildman–Crippen LogP) is 3.58. The first-order chi connectivity index (χ1) is 9.09. The molecule has 6 heteroatoms. The molecule has 5 nitrogen and oxygen atoms in total. The summed E-state index contributed by atoms with van der Waals surface area (Å²) in [5.41, 5.74) is 0.258. The number of nitro groups is 1. The zero-order chi connectivity index (χ0) is 13.6. The third-order valence-corrected chi connectivity index (χ3v) is 3.17. The summed E-state index contributed by atoms with van der Waals surface area (Å²) in [5.74, 6) is -0.0123. The van der Waals surface area contributed by atoms with Gasteiger partial charge in [-0.15, -0.1) is 0 Å². The molecule has 0 aromatic heterocycles. The van der Waals surface area contributed by atoms with E-state index in [2.05, 4.69) is 0 Å². The predicted molar refractivity (Wildman–Crippen MR) is 68.1 cm³/mol. The second-order valence-electron chi connectivity index (χ2n) is 3.97. The highest BCUT2D eigenvalue weighted by Crippen LogP contribution is 2.57. The van der Waals surface area contributed by atoms with Crippen LogP contribution in [0, 0.1) is 10.1 Å². The molecule has 0 spiro atoms. The van der Waals surface area contributed by atoms with Gasteiger partial charge in [0.15, 0.2) is 11.5 Å². The molecule has 19 heavy (non-hydrogen) atoms. The average molecular weight is 276 g/mol. The third kappa shape index (κ3) is 1.84. The molecule has 3 rings (SSSR count). The lowest BCUT2D eigenvalue weighted by atomic mass is 10.0. The number of hydrogen-bond acceptors (Lipinski definition) is 4. The number of nitrogens with zero attached hydrogens (tertiary/aromatic N) is 1. The van der Waals surface area contributed by atoms with Crippen molar-refractivity contribution in [3.05, 3.63) is 62.7 Å². The SMILES string of the molecule is O=C(c1ccccc1)c1cc([N+](=O)[O-])c2c(c1Cl)O2. The number of nitro benzene ring substituents is 1. The van der Waals surface area contributed by atoms with E-state index >= 15 is 0 Å². The van der Waals surface area contributed by atoms with E-state index in [1.54, 1.807) is 30.3 Å². The van der Waals surface area contributed by atoms with Crippen molar-refractivity contribution in [2.24, 2.45) is 0 Å². The molecule has 1 aliphatic heterocycles. The van der Waals surface area contributed by atoms with E-state index in [0.717, 1.165) is 6.07 Å². The first kappa shape index (κ1) is 11.7. The fourth-order valence-corrected chi connectivity index (χ4v) is 2.09. The Labute approximate surface area is 112 Å². The normalized spacial score (nSPS) is 11.4. The Hall–Kier alpha value is -2.40. The van der Waals surface area contributed by atoms with Crippen molar-refractivity contribution in [1.29, 1.82) is 0 Å². The second kappa shape index (κ2) is 4.07. The van der Waals surface area contributed by atoms with Crippen molar-refractivity contribution in [2.45, 2.75) is 0 Å². The Morgan fingerprint density at radius 2 is 1.89 bits per heavy atom. The molecule has 0 aliphatic carbocycles. The molecule has 0 fully saturated rings. The van der Waals surface area contributed by atoms with Crippen LogP contribution in [0.5, 0.6) is 11.5 Å². The van der Waals surface area contributed by atoms with Crippen LogP contribution in [0.1, 0.15) is 15.9 Å². The first-order valence-electron chi connectivity index (χ1n) is 5.38. The van der Waals surface area contributed by atoms with Crippen molar-refractivity contribution in [3.8, 4) is 11.5 Å². The van der Waals surface area contributed by atoms with Gasteiger partial charge in [0.1, 0.15) is 0 Å². The standard InChI is InChI=1S/C13H6ClNO4/c14-10-8(11(16)7-4-2-1-3-5-7)6-9(15(17)18)12-13(10)19-12/h1-6H. The monoisotopic (exact) mass is 275 g/mol. The summed E-state index contributed by atoms with van der Waals surface area (Å²) in [6, 6.07) is 9.59. The number of ether oxygens (including phenoxy) is 1. The molecule has 1 aliphatic rings. The molecule has 94 valence electrons. The summed E-state index contributed by atoms with van der Waals surface area (Å²) in [7, 11) is 0. The number of rotatable bonds is 3. The summed E-state index contributed by atoms with van der Waals surface area (Å²) in [4.78, 5) is 22.5. The number of benzene rings is 2. The van der Waals surface area contributed by atoms with Gasteiger partial charge in [0.2, 0.25) is 5.75 Å². The van der Waals surface area contributed by atoms with E-state index in [0.29, 0.717) is 5.56 Å². The van der Waals surface area contributed by atoms with Crippen LogP contribution in [-0.4, -0.2) is 10.7 Å². The molecule has 2 aromatic carbocycles. The van der Waals surface area contributed by atoms with E-state index in [-0.39, 0.29) is 33.6 Å². The number of carbonyl (C=O) groups is 1. The van der Waals surface area contributed by atoms with Crippen molar-refractivity contribution < 1.29 is 14.5 Å². The van der Waals surface area contributed by atoms with Crippen LogP contribution in [0.4, 0.5) is 5.69 Å². The molecule has 1 heterocycles. The molecule has 0 saturated heterocycles. The van der Waals surface area contributed by atoms with Crippen LogP contribution in [-0.2, 0) is 0 Å². The molecular formula is C13H6ClNO4. The van der Waals surface area contributed by atoms with Crippen LogP contribution in [0.3, 0.4) is 0 Å². The number of fused-ring (bicyclic) bond motifs is 1. The zero-order valence-electron chi connectivity index (χ0n) is 9.42. The zero-order valence-corrected chi connectivity index (χ0v) is 10.2. The maximum atomic E-state index is 12.3. The fraction of sp³-hybridized carbons (Fsp3) is 0. The largest absolute Gasteiger partial charge is 0.440 e. The van der Waals surface area contributed by atoms with E-state index in [1.807, 2.05) is 0 Å². The summed E-state index contributed by atoms with van der Waals surface area (Å²) in [6.45, 7) is 0. The Morgan fingerprint density at radius 3 is 2.53 bits per heavy atom. The van der Waals surface area contributed by atoms with Crippen LogP contribution in [0.15, 0.2) is 36.4 Å². The summed E-state index contributed by atoms with van der Waals surface area (Å²) in [6.07, 6.45) is 0. The van der Waals surface area contributed by atoms with E-state index in [4.69, 9.17) is 16.3 Å². The highest BCUT2D eigenvalue weighted by atomic mass is 35.5. The van der Waals surface area contributed by atoms with Gasteiger partial charge in [-0.1, -0.05) is 41.9 Å². The molecular weight excluding hydrogens is 270 g/mol. The Bertz CT molecular complexity index is 712. The van der Waals surface area contributed by atoms with E-state index in [1.165, 1.54) is 0 Å². The number of halogens is 1. The number of carbonyl (C=O) groups excluding carboxylic acids is 1. The molecule has 0 saturated carbocycles. The molecule has 0 N–H and O–H groups in total. The quantitative estimate of drug-likeness (QED) is 0.317. The summed E-state index contributed by atoms with van der Waals surface area (Å²) < 4.78 is 4.96. The fourth-order valence-electron chi connectivity index (χ4n) is 1.82. The minimum atomic E-state index is -0.593. The van der Waals surface area contributed by atoms with Crippen molar-refractivity contribution in [2.75, 3.05) is 0 Å². The van der Waals surface area contributed by atoms with Gasteiger partial charge in [0, 0.05) is 11.6 Å². The third-order valence-electron chi connectivity index (χ3n) is 2.80. The molecule has 2 aromatic rings. The van der Waals surface area contributed by atoms with Crippen LogP contribution in [0.25, 0.3) is 0 Å². The van der Waals surface area contributed by atoms with E-state index in [9.17, 15) is 14.9 Å². The minimum Gasteiger partial charge on any atom is -0.440 e. The number of ketones is 1.